The highest BCUT2D eigenvalue weighted by Gasteiger charge is 2.43. The molecule has 3 rings (SSSR count). The number of nitriles is 1. The Balaban J connectivity index is 1.42. The molecule has 2 N–H and O–H groups in total. The van der Waals surface area contributed by atoms with E-state index < -0.39 is 11.4 Å². The molecule has 1 heterocycles. The summed E-state index contributed by atoms with van der Waals surface area (Å²) in [6, 6.07) is 6.09. The van der Waals surface area contributed by atoms with Gasteiger partial charge in [0.2, 0.25) is 5.91 Å². The molecular weight excluding hydrogens is 449 g/mol. The molecule has 1 aliphatic heterocycles. The summed E-state index contributed by atoms with van der Waals surface area (Å²) in [5.41, 5.74) is 0.181. The van der Waals surface area contributed by atoms with Gasteiger partial charge in [-0.05, 0) is 44.2 Å². The van der Waals surface area contributed by atoms with Gasteiger partial charge >= 0.3 is 0 Å². The van der Waals surface area contributed by atoms with Gasteiger partial charge in [-0.2, -0.15) is 5.26 Å². The zero-order valence-corrected chi connectivity index (χ0v) is 18.8. The van der Waals surface area contributed by atoms with Gasteiger partial charge in [-0.1, -0.05) is 11.6 Å². The normalized spacial score (nSPS) is 27.4. The van der Waals surface area contributed by atoms with E-state index in [1.54, 1.807) is 17.8 Å². The molecule has 0 spiro atoms. The van der Waals surface area contributed by atoms with Gasteiger partial charge < -0.3 is 15.4 Å². The quantitative estimate of drug-likeness (QED) is 0.637. The van der Waals surface area contributed by atoms with E-state index >= 15 is 0 Å². The number of ether oxygens (including phenoxy) is 1. The van der Waals surface area contributed by atoms with E-state index in [1.165, 1.54) is 23.9 Å². The van der Waals surface area contributed by atoms with Crippen LogP contribution in [0.1, 0.15) is 19.8 Å². The molecule has 10 heteroatoms. The second kappa shape index (κ2) is 9.50. The maximum absolute atomic E-state index is 13.4. The lowest BCUT2D eigenvalue weighted by atomic mass is 9.74. The summed E-state index contributed by atoms with van der Waals surface area (Å²) in [4.78, 5) is 24.6. The van der Waals surface area contributed by atoms with E-state index in [0.717, 1.165) is 6.07 Å². The van der Waals surface area contributed by atoms with Gasteiger partial charge in [0.1, 0.15) is 16.8 Å². The zero-order valence-electron chi connectivity index (χ0n) is 16.4. The number of nitrogens with zero attached hydrogens (tertiary/aromatic N) is 1. The Morgan fingerprint density at radius 3 is 2.80 bits per heavy atom. The number of halogens is 2. The average Bonchev–Trinajstić information content (AvgIpc) is 3.11. The molecule has 1 aliphatic carbocycles. The van der Waals surface area contributed by atoms with Crippen LogP contribution in [0.2, 0.25) is 5.02 Å². The summed E-state index contributed by atoms with van der Waals surface area (Å²) in [6.07, 6.45) is 4.82. The minimum Gasteiger partial charge on any atom is -0.484 e. The van der Waals surface area contributed by atoms with Crippen LogP contribution in [0.15, 0.2) is 29.8 Å². The maximum atomic E-state index is 13.4. The van der Waals surface area contributed by atoms with Crippen LogP contribution in [0.5, 0.6) is 5.75 Å². The molecule has 2 aliphatic rings. The Labute approximate surface area is 187 Å². The Morgan fingerprint density at radius 2 is 2.20 bits per heavy atom. The van der Waals surface area contributed by atoms with Crippen LogP contribution in [0, 0.1) is 17.1 Å². The van der Waals surface area contributed by atoms with Crippen LogP contribution >= 0.6 is 35.1 Å². The van der Waals surface area contributed by atoms with Gasteiger partial charge in [0.15, 0.2) is 6.61 Å². The minimum absolute atomic E-state index is 0.00851. The smallest absolute Gasteiger partial charge is 0.258 e. The first-order valence-electron chi connectivity index (χ1n) is 9.22. The topological polar surface area (TPSA) is 91.2 Å². The van der Waals surface area contributed by atoms with Crippen LogP contribution in [0.25, 0.3) is 0 Å². The lowest BCUT2D eigenvalue weighted by molar-refractivity contribution is -0.126. The minimum atomic E-state index is -0.611. The van der Waals surface area contributed by atoms with Crippen LogP contribution in [-0.2, 0) is 9.59 Å². The third-order valence-electron chi connectivity index (χ3n) is 4.90. The van der Waals surface area contributed by atoms with Crippen molar-refractivity contribution in [2.45, 2.75) is 41.2 Å². The number of rotatable bonds is 7. The third-order valence-corrected chi connectivity index (χ3v) is 7.94. The molecule has 160 valence electrons. The fourth-order valence-corrected chi connectivity index (χ4v) is 5.77. The lowest BCUT2D eigenvalue weighted by Crippen LogP contribution is -2.63. The van der Waals surface area contributed by atoms with E-state index in [-0.39, 0.29) is 45.1 Å². The maximum Gasteiger partial charge on any atom is 0.258 e. The summed E-state index contributed by atoms with van der Waals surface area (Å²) >= 11 is 8.62. The van der Waals surface area contributed by atoms with Crippen molar-refractivity contribution in [2.24, 2.45) is 0 Å². The molecule has 1 fully saturated rings. The van der Waals surface area contributed by atoms with E-state index in [2.05, 4.69) is 16.7 Å². The van der Waals surface area contributed by atoms with Gasteiger partial charge in [-0.25, -0.2) is 4.39 Å². The Bertz CT molecular complexity index is 915. The summed E-state index contributed by atoms with van der Waals surface area (Å²) in [6.45, 7) is 1.65. The highest BCUT2D eigenvalue weighted by atomic mass is 35.5. The van der Waals surface area contributed by atoms with Gasteiger partial charge in [0.05, 0.1) is 21.2 Å². The highest BCUT2D eigenvalue weighted by molar-refractivity contribution is 8.17. The molecular formula is C20H21ClFN3O3S2. The summed E-state index contributed by atoms with van der Waals surface area (Å²) in [5.74, 6) is -0.831. The third kappa shape index (κ3) is 5.42. The monoisotopic (exact) mass is 469 g/mol. The second-order valence-electron chi connectivity index (χ2n) is 7.45. The Morgan fingerprint density at radius 1 is 1.47 bits per heavy atom. The number of hydrogen-bond donors (Lipinski definition) is 2. The number of nitrogens with one attached hydrogen (secondary N) is 2. The lowest BCUT2D eigenvalue weighted by Gasteiger charge is -2.46. The summed E-state index contributed by atoms with van der Waals surface area (Å²) < 4.78 is 18.7. The van der Waals surface area contributed by atoms with E-state index in [0.29, 0.717) is 18.4 Å². The molecule has 1 saturated carbocycles. The van der Waals surface area contributed by atoms with Crippen molar-refractivity contribution in [3.8, 4) is 11.8 Å². The van der Waals surface area contributed by atoms with E-state index in [4.69, 9.17) is 21.6 Å². The molecule has 0 saturated heterocycles. The predicted molar refractivity (Wildman–Crippen MR) is 117 cm³/mol. The average molecular weight is 470 g/mol. The SMILES string of the molecule is CSC1SC(C(=O)NC2CC(C)(NC(=O)COc3ccc(Cl)c(F)c3)C2)C=C1C#N. The number of thioether (sulfide) groups is 2. The molecule has 1 aromatic rings. The zero-order chi connectivity index (χ0) is 21.9. The molecule has 0 radical (unpaired) electrons. The number of carbonyl (C=O) groups excluding carboxylic acids is 2. The standard InChI is InChI=1S/C20H21ClFN3O3S2/c1-20(25-17(26)10-28-13-3-4-14(21)15(22)6-13)7-12(8-20)24-18(27)16-5-11(9-23)19(29-2)30-16/h3-6,12,16,19H,7-8,10H2,1-2H3,(H,24,27)(H,25,26). The van der Waals surface area contributed by atoms with Gasteiger partial charge in [-0.15, -0.1) is 23.5 Å². The molecule has 2 atom stereocenters. The van der Waals surface area contributed by atoms with Crippen LogP contribution in [-0.4, -0.2) is 46.1 Å². The van der Waals surface area contributed by atoms with Gasteiger partial charge in [-0.3, -0.25) is 9.59 Å². The number of carbonyl (C=O) groups is 2. The van der Waals surface area contributed by atoms with Crippen LogP contribution in [0.3, 0.4) is 0 Å². The Kier molecular flexibility index (Phi) is 7.22. The van der Waals surface area contributed by atoms with Crippen molar-refractivity contribution < 1.29 is 18.7 Å². The first kappa shape index (κ1) is 22.8. The van der Waals surface area contributed by atoms with Crippen molar-refractivity contribution in [1.29, 1.82) is 5.26 Å². The summed E-state index contributed by atoms with van der Waals surface area (Å²) in [5, 5.41) is 14.6. The summed E-state index contributed by atoms with van der Waals surface area (Å²) in [7, 11) is 0. The first-order chi connectivity index (χ1) is 14.2. The van der Waals surface area contributed by atoms with E-state index in [1.807, 2.05) is 13.2 Å². The van der Waals surface area contributed by atoms with Crippen molar-refractivity contribution >= 4 is 46.9 Å². The molecule has 0 aromatic heterocycles. The Hall–Kier alpha value is -1.89. The first-order valence-corrected chi connectivity index (χ1v) is 11.8. The van der Waals surface area contributed by atoms with Gasteiger partial charge in [0.25, 0.3) is 5.91 Å². The number of benzene rings is 1. The van der Waals surface area contributed by atoms with Gasteiger partial charge in [0, 0.05) is 17.6 Å². The fourth-order valence-electron chi connectivity index (χ4n) is 3.50. The molecule has 2 amide bonds. The molecule has 0 bridgehead atoms. The van der Waals surface area contributed by atoms with Crippen molar-refractivity contribution in [3.05, 3.63) is 40.7 Å². The highest BCUT2D eigenvalue weighted by Crippen LogP contribution is 2.39. The van der Waals surface area contributed by atoms with Crippen LogP contribution < -0.4 is 15.4 Å². The van der Waals surface area contributed by atoms with E-state index in [9.17, 15) is 14.0 Å². The molecule has 6 nitrogen and oxygen atoms in total. The fraction of sp³-hybridized carbons (Fsp3) is 0.450. The molecule has 1 aromatic carbocycles. The predicted octanol–water partition coefficient (Wildman–Crippen LogP) is 3.27. The largest absolute Gasteiger partial charge is 0.484 e. The number of hydrogen-bond acceptors (Lipinski definition) is 6. The van der Waals surface area contributed by atoms with Crippen molar-refractivity contribution in [2.75, 3.05) is 12.9 Å². The van der Waals surface area contributed by atoms with Crippen molar-refractivity contribution in [1.82, 2.24) is 10.6 Å². The number of amides is 2. The van der Waals surface area contributed by atoms with Crippen LogP contribution in [0.4, 0.5) is 4.39 Å². The molecule has 2 unspecified atom stereocenters. The van der Waals surface area contributed by atoms with Crippen molar-refractivity contribution in [3.63, 3.8) is 0 Å². The second-order valence-corrected chi connectivity index (χ2v) is 10.3. The molecule has 30 heavy (non-hydrogen) atoms.